The Morgan fingerprint density at radius 1 is 1.14 bits per heavy atom. The fourth-order valence-electron chi connectivity index (χ4n) is 3.03. The maximum atomic E-state index is 14.0. The zero-order valence-electron chi connectivity index (χ0n) is 19.5. The maximum absolute atomic E-state index is 14.0. The van der Waals surface area contributed by atoms with Gasteiger partial charge in [-0.3, -0.25) is 9.59 Å². The molecule has 0 heterocycles. The molecule has 8 nitrogen and oxygen atoms in total. The number of carbonyl (C=O) groups excluding carboxylic acids is 2. The van der Waals surface area contributed by atoms with Crippen LogP contribution in [0.1, 0.15) is 34.0 Å². The van der Waals surface area contributed by atoms with Crippen LogP contribution in [0.25, 0.3) is 0 Å². The molecular weight excluding hydrogens is 487 g/mol. The van der Waals surface area contributed by atoms with Gasteiger partial charge in [0.2, 0.25) is 0 Å². The molecule has 0 atom stereocenters. The van der Waals surface area contributed by atoms with Crippen LogP contribution in [0.15, 0.2) is 59.7 Å². The number of ether oxygens (including phenoxy) is 2. The van der Waals surface area contributed by atoms with Gasteiger partial charge in [-0.25, -0.2) is 9.82 Å². The van der Waals surface area contributed by atoms with Crippen LogP contribution in [-0.2, 0) is 4.79 Å². The lowest BCUT2D eigenvalue weighted by atomic mass is 10.1. The monoisotopic (exact) mass is 508 g/mol. The van der Waals surface area contributed by atoms with E-state index in [1.807, 2.05) is 19.1 Å². The van der Waals surface area contributed by atoms with E-state index in [9.17, 15) is 14.0 Å². The molecule has 36 heavy (non-hydrogen) atoms. The lowest BCUT2D eigenvalue weighted by Gasteiger charge is -2.14. The van der Waals surface area contributed by atoms with E-state index in [1.54, 1.807) is 31.2 Å². The first-order valence-corrected chi connectivity index (χ1v) is 11.2. The molecule has 3 rings (SSSR count). The number of nitrogens with zero attached hydrogens (tertiary/aromatic N) is 2. The van der Waals surface area contributed by atoms with Crippen molar-refractivity contribution in [3.05, 3.63) is 87.7 Å². The Morgan fingerprint density at radius 2 is 1.89 bits per heavy atom. The van der Waals surface area contributed by atoms with E-state index in [1.165, 1.54) is 24.4 Å². The van der Waals surface area contributed by atoms with Crippen molar-refractivity contribution in [3.63, 3.8) is 0 Å². The number of nitrogens with one attached hydrogen (secondary N) is 2. The zero-order valence-corrected chi connectivity index (χ0v) is 20.2. The number of hydrazone groups is 1. The Bertz CT molecular complexity index is 1340. The van der Waals surface area contributed by atoms with Gasteiger partial charge in [0.05, 0.1) is 35.0 Å². The number of hydrogen-bond donors (Lipinski definition) is 2. The second-order valence-corrected chi connectivity index (χ2v) is 7.88. The number of carbonyl (C=O) groups is 2. The first kappa shape index (κ1) is 26.2. The van der Waals surface area contributed by atoms with Crippen molar-refractivity contribution in [1.82, 2.24) is 5.43 Å². The molecule has 0 bridgehead atoms. The van der Waals surface area contributed by atoms with Crippen LogP contribution < -0.4 is 20.2 Å². The van der Waals surface area contributed by atoms with E-state index >= 15 is 0 Å². The Kier molecular flexibility index (Phi) is 8.97. The second kappa shape index (κ2) is 12.3. The quantitative estimate of drug-likeness (QED) is 0.317. The minimum absolute atomic E-state index is 0.0978. The largest absolute Gasteiger partial charge is 0.490 e. The Morgan fingerprint density at radius 3 is 2.56 bits per heavy atom. The summed E-state index contributed by atoms with van der Waals surface area (Å²) in [4.78, 5) is 24.5. The number of aryl methyl sites for hydroxylation is 1. The summed E-state index contributed by atoms with van der Waals surface area (Å²) < 4.78 is 25.2. The lowest BCUT2D eigenvalue weighted by molar-refractivity contribution is -0.118. The smallest absolute Gasteiger partial charge is 0.274 e. The Hall–Kier alpha value is -4.42. The zero-order chi connectivity index (χ0) is 26.1. The summed E-state index contributed by atoms with van der Waals surface area (Å²) in [6.45, 7) is 3.73. The fourth-order valence-corrected chi connectivity index (χ4v) is 3.31. The number of anilines is 1. The van der Waals surface area contributed by atoms with Gasteiger partial charge >= 0.3 is 0 Å². The minimum atomic E-state index is -0.837. The predicted octanol–water partition coefficient (Wildman–Crippen LogP) is 4.84. The third kappa shape index (κ3) is 7.04. The Balaban J connectivity index is 1.67. The van der Waals surface area contributed by atoms with Gasteiger partial charge in [-0.2, -0.15) is 10.4 Å². The molecule has 0 aliphatic heterocycles. The van der Waals surface area contributed by atoms with Crippen molar-refractivity contribution in [1.29, 1.82) is 5.26 Å². The fraction of sp³-hybridized carbons (Fsp3) is 0.154. The molecule has 0 aromatic heterocycles. The van der Waals surface area contributed by atoms with Crippen LogP contribution in [0.5, 0.6) is 11.5 Å². The molecule has 0 aliphatic carbocycles. The average Bonchev–Trinajstić information content (AvgIpc) is 2.85. The van der Waals surface area contributed by atoms with Crippen molar-refractivity contribution in [2.24, 2.45) is 5.10 Å². The standard InChI is InChI=1S/C26H22ClFN4O4/c1-3-35-23-12-18(14-30-32-26(34)20-9-6-17(13-29)11-22(20)28)10-21(27)25(23)36-15-24(33)31-19-7-4-16(2)5-8-19/h4-12,14H,3,15H2,1-2H3,(H,31,33)(H,32,34)/b30-14-. The predicted molar refractivity (Wildman–Crippen MR) is 134 cm³/mol. The molecule has 184 valence electrons. The van der Waals surface area contributed by atoms with Gasteiger partial charge in [-0.05, 0) is 61.9 Å². The first-order valence-electron chi connectivity index (χ1n) is 10.8. The molecule has 10 heteroatoms. The number of halogens is 2. The maximum Gasteiger partial charge on any atom is 0.274 e. The molecule has 3 aromatic rings. The Labute approximate surface area is 212 Å². The second-order valence-electron chi connectivity index (χ2n) is 7.47. The number of amides is 2. The van der Waals surface area contributed by atoms with E-state index in [0.717, 1.165) is 11.6 Å². The van der Waals surface area contributed by atoms with Gasteiger partial charge in [0, 0.05) is 5.69 Å². The molecule has 0 saturated carbocycles. The van der Waals surface area contributed by atoms with Crippen LogP contribution in [0.2, 0.25) is 5.02 Å². The number of rotatable bonds is 9. The van der Waals surface area contributed by atoms with Gasteiger partial charge in [-0.15, -0.1) is 0 Å². The van der Waals surface area contributed by atoms with Gasteiger partial charge in [0.15, 0.2) is 18.1 Å². The van der Waals surface area contributed by atoms with Crippen LogP contribution in [0, 0.1) is 24.1 Å². The van der Waals surface area contributed by atoms with Gasteiger partial charge in [-0.1, -0.05) is 29.3 Å². The summed E-state index contributed by atoms with van der Waals surface area (Å²) in [5.41, 5.74) is 4.23. The van der Waals surface area contributed by atoms with E-state index in [4.69, 9.17) is 26.3 Å². The van der Waals surface area contributed by atoms with Crippen LogP contribution in [0.4, 0.5) is 10.1 Å². The minimum Gasteiger partial charge on any atom is -0.490 e. The van der Waals surface area contributed by atoms with Gasteiger partial charge < -0.3 is 14.8 Å². The van der Waals surface area contributed by atoms with Crippen LogP contribution in [-0.4, -0.2) is 31.2 Å². The summed E-state index contributed by atoms with van der Waals surface area (Å²) in [6, 6.07) is 15.7. The molecule has 0 fully saturated rings. The molecule has 2 amide bonds. The van der Waals surface area contributed by atoms with E-state index in [2.05, 4.69) is 15.8 Å². The normalized spacial score (nSPS) is 10.5. The lowest BCUT2D eigenvalue weighted by Crippen LogP contribution is -2.20. The highest BCUT2D eigenvalue weighted by Gasteiger charge is 2.15. The molecule has 0 saturated heterocycles. The van der Waals surface area contributed by atoms with Crippen molar-refractivity contribution < 1.29 is 23.5 Å². The summed E-state index contributed by atoms with van der Waals surface area (Å²) in [7, 11) is 0. The highest BCUT2D eigenvalue weighted by atomic mass is 35.5. The number of nitriles is 1. The van der Waals surface area contributed by atoms with Gasteiger partial charge in [0.1, 0.15) is 5.82 Å². The summed E-state index contributed by atoms with van der Waals surface area (Å²) in [5.74, 6) is -1.54. The van der Waals surface area contributed by atoms with Crippen LogP contribution >= 0.6 is 11.6 Å². The molecule has 3 aromatic carbocycles. The summed E-state index contributed by atoms with van der Waals surface area (Å²) in [6.07, 6.45) is 1.29. The van der Waals surface area contributed by atoms with Crippen molar-refractivity contribution >= 4 is 35.3 Å². The molecule has 0 aliphatic rings. The van der Waals surface area contributed by atoms with E-state index in [-0.39, 0.29) is 40.2 Å². The third-order valence-electron chi connectivity index (χ3n) is 4.74. The summed E-state index contributed by atoms with van der Waals surface area (Å²) in [5, 5.41) is 15.5. The van der Waals surface area contributed by atoms with E-state index in [0.29, 0.717) is 17.9 Å². The highest BCUT2D eigenvalue weighted by Crippen LogP contribution is 2.36. The van der Waals surface area contributed by atoms with E-state index < -0.39 is 11.7 Å². The molecule has 0 spiro atoms. The van der Waals surface area contributed by atoms with Crippen molar-refractivity contribution in [2.75, 3.05) is 18.5 Å². The number of benzene rings is 3. The molecule has 2 N–H and O–H groups in total. The van der Waals surface area contributed by atoms with Crippen molar-refractivity contribution in [3.8, 4) is 17.6 Å². The van der Waals surface area contributed by atoms with Crippen LogP contribution in [0.3, 0.4) is 0 Å². The molecule has 0 radical (unpaired) electrons. The highest BCUT2D eigenvalue weighted by molar-refractivity contribution is 6.32. The molecular formula is C26H22ClFN4O4. The first-order chi connectivity index (χ1) is 17.3. The third-order valence-corrected chi connectivity index (χ3v) is 5.02. The summed E-state index contributed by atoms with van der Waals surface area (Å²) >= 11 is 6.36. The van der Waals surface area contributed by atoms with Crippen molar-refractivity contribution in [2.45, 2.75) is 13.8 Å². The topological polar surface area (TPSA) is 113 Å². The molecule has 0 unspecified atom stereocenters. The average molecular weight is 509 g/mol. The van der Waals surface area contributed by atoms with Gasteiger partial charge in [0.25, 0.3) is 11.8 Å². The SMILES string of the molecule is CCOc1cc(/C=N\NC(=O)c2ccc(C#N)cc2F)cc(Cl)c1OCC(=O)Nc1ccc(C)cc1. The number of hydrogen-bond acceptors (Lipinski definition) is 6.